The first-order chi connectivity index (χ1) is 14.4. The van der Waals surface area contributed by atoms with Crippen molar-refractivity contribution in [2.24, 2.45) is 0 Å². The molecule has 0 fully saturated rings. The summed E-state index contributed by atoms with van der Waals surface area (Å²) in [6, 6.07) is 7.73. The average molecular weight is 564 g/mol. The molecule has 1 atom stereocenters. The topological polar surface area (TPSA) is 0 Å². The maximum absolute atomic E-state index is 2.61. The van der Waals surface area contributed by atoms with E-state index in [1.165, 1.54) is 77.0 Å². The van der Waals surface area contributed by atoms with E-state index >= 15 is 0 Å². The van der Waals surface area contributed by atoms with E-state index in [2.05, 4.69) is 90.7 Å². The van der Waals surface area contributed by atoms with E-state index in [0.29, 0.717) is 0 Å². The molecule has 186 valence electrons. The van der Waals surface area contributed by atoms with Gasteiger partial charge in [-0.1, -0.05) is 0 Å². The number of rotatable bonds is 14. The molecule has 0 nitrogen and oxygen atoms in total. The van der Waals surface area contributed by atoms with Crippen LogP contribution in [0.1, 0.15) is 96.1 Å². The summed E-state index contributed by atoms with van der Waals surface area (Å²) in [5.74, 6) is 0. The van der Waals surface area contributed by atoms with Crippen LogP contribution in [0.3, 0.4) is 0 Å². The Labute approximate surface area is 236 Å². The average Bonchev–Trinajstić information content (AvgIpc) is 3.11. The van der Waals surface area contributed by atoms with Crippen LogP contribution in [-0.4, -0.2) is 8.07 Å². The van der Waals surface area contributed by atoms with Crippen molar-refractivity contribution in [2.75, 3.05) is 0 Å². The maximum atomic E-state index is 2.61. The van der Waals surface area contributed by atoms with Gasteiger partial charge >= 0.3 is 201 Å². The molecule has 1 aliphatic carbocycles. The molecule has 1 aromatic rings. The fourth-order valence-electron chi connectivity index (χ4n) is 4.62. The van der Waals surface area contributed by atoms with Crippen LogP contribution in [0.5, 0.6) is 0 Å². The molecule has 33 heavy (non-hydrogen) atoms. The van der Waals surface area contributed by atoms with E-state index < -0.39 is 8.07 Å². The molecule has 0 spiro atoms. The maximum Gasteiger partial charge on any atom is -1.00 e. The van der Waals surface area contributed by atoms with E-state index in [9.17, 15) is 0 Å². The SMILES string of the molecule is CCCCCCc1cc(CCCCCC)cc([Si](C)(C)[C]2([Ti+3])C=CC(CCC)=C2)c1.[Cl-].[Cl-].[Cl-]. The third kappa shape index (κ3) is 10.6. The van der Waals surface area contributed by atoms with E-state index in [4.69, 9.17) is 0 Å². The van der Waals surface area contributed by atoms with Gasteiger partial charge in [-0.3, -0.25) is 0 Å². The van der Waals surface area contributed by atoms with Crippen molar-refractivity contribution in [1.82, 2.24) is 0 Å². The quantitative estimate of drug-likeness (QED) is 0.210. The molecular weight excluding hydrogens is 519 g/mol. The summed E-state index contributed by atoms with van der Waals surface area (Å²) in [7, 11) is -1.68. The molecule has 0 saturated carbocycles. The summed E-state index contributed by atoms with van der Waals surface area (Å²) in [5.41, 5.74) is 4.74. The summed E-state index contributed by atoms with van der Waals surface area (Å²) >= 11 is 2.49. The van der Waals surface area contributed by atoms with Crippen LogP contribution < -0.4 is 42.4 Å². The summed E-state index contributed by atoms with van der Waals surface area (Å²) in [6.45, 7) is 12.1. The van der Waals surface area contributed by atoms with Gasteiger partial charge in [0.1, 0.15) is 0 Å². The predicted molar refractivity (Wildman–Crippen MR) is 134 cm³/mol. The number of hydrogen-bond donors (Lipinski definition) is 0. The molecule has 0 aromatic heterocycles. The van der Waals surface area contributed by atoms with Crippen LogP contribution in [0.2, 0.25) is 16.4 Å². The number of halogens is 3. The normalized spacial score (nSPS) is 17.1. The molecule has 0 amide bonds. The van der Waals surface area contributed by atoms with Gasteiger partial charge in [-0.05, 0) is 0 Å². The standard InChI is InChI=1S/C28H45Si.3ClH.Ti/c1-6-9-11-13-16-25-20-26(17-14-12-10-7-2)23-28(22-25)29(4,5)27-19-18-24(21-27)15-8-3;;;;/h18-23H,6-17H2,1-5H3;3*1H;/q;;;;+3/p-3. The Balaban J connectivity index is 0. The van der Waals surface area contributed by atoms with Crippen LogP contribution in [-0.2, 0) is 33.3 Å². The largest absolute Gasteiger partial charge is 1.00 e. The minimum atomic E-state index is -1.68. The first-order valence-electron chi connectivity index (χ1n) is 12.7. The molecule has 1 unspecified atom stereocenters. The minimum Gasteiger partial charge on any atom is -1.00 e. The fraction of sp³-hybridized carbons (Fsp3) is 0.643. The second-order valence-corrected chi connectivity index (χ2v) is 16.7. The zero-order valence-electron chi connectivity index (χ0n) is 21.6. The van der Waals surface area contributed by atoms with Crippen LogP contribution in [0.4, 0.5) is 0 Å². The third-order valence-electron chi connectivity index (χ3n) is 6.96. The van der Waals surface area contributed by atoms with Gasteiger partial charge in [0.2, 0.25) is 0 Å². The fourth-order valence-corrected chi connectivity index (χ4v) is 8.34. The van der Waals surface area contributed by atoms with Crippen molar-refractivity contribution in [3.8, 4) is 0 Å². The van der Waals surface area contributed by atoms with Crippen molar-refractivity contribution in [3.05, 3.63) is 53.1 Å². The van der Waals surface area contributed by atoms with Gasteiger partial charge in [0.15, 0.2) is 0 Å². The van der Waals surface area contributed by atoms with Crippen molar-refractivity contribution in [3.63, 3.8) is 0 Å². The van der Waals surface area contributed by atoms with E-state index in [-0.39, 0.29) is 40.6 Å². The monoisotopic (exact) mass is 562 g/mol. The Morgan fingerprint density at radius 3 is 1.67 bits per heavy atom. The first-order valence-corrected chi connectivity index (χ1v) is 16.4. The van der Waals surface area contributed by atoms with Gasteiger partial charge in [0, 0.05) is 0 Å². The first kappa shape index (κ1) is 35.7. The molecule has 0 radical (unpaired) electrons. The Morgan fingerprint density at radius 2 is 1.21 bits per heavy atom. The van der Waals surface area contributed by atoms with Gasteiger partial charge < -0.3 is 37.2 Å². The van der Waals surface area contributed by atoms with Gasteiger partial charge in [-0.25, -0.2) is 0 Å². The molecule has 2 rings (SSSR count). The molecule has 0 bridgehead atoms. The number of hydrogen-bond acceptors (Lipinski definition) is 0. The zero-order chi connectivity index (χ0) is 22.0. The number of aryl methyl sites for hydroxylation is 2. The van der Waals surface area contributed by atoms with E-state index in [0.717, 1.165) is 0 Å². The van der Waals surface area contributed by atoms with Crippen LogP contribution in [0.25, 0.3) is 0 Å². The van der Waals surface area contributed by atoms with E-state index in [1.54, 1.807) is 21.9 Å². The van der Waals surface area contributed by atoms with Crippen molar-refractivity contribution in [2.45, 2.75) is 114 Å². The summed E-state index contributed by atoms with van der Waals surface area (Å²) in [6.07, 6.45) is 23.3. The predicted octanol–water partition coefficient (Wildman–Crippen LogP) is -0.599. The van der Waals surface area contributed by atoms with Crippen molar-refractivity contribution < 1.29 is 57.7 Å². The second kappa shape index (κ2) is 17.9. The van der Waals surface area contributed by atoms with Gasteiger partial charge in [0.25, 0.3) is 0 Å². The van der Waals surface area contributed by atoms with Gasteiger partial charge in [0.05, 0.1) is 0 Å². The Hall–Kier alpha value is 0.501. The molecule has 1 aliphatic rings. The molecule has 0 aliphatic heterocycles. The molecule has 1 aromatic carbocycles. The van der Waals surface area contributed by atoms with Crippen molar-refractivity contribution in [1.29, 1.82) is 0 Å². The van der Waals surface area contributed by atoms with Crippen molar-refractivity contribution >= 4 is 13.3 Å². The summed E-state index contributed by atoms with van der Waals surface area (Å²) in [5, 5.41) is 1.67. The van der Waals surface area contributed by atoms with Crippen LogP contribution in [0.15, 0.2) is 42.0 Å². The Morgan fingerprint density at radius 1 is 0.697 bits per heavy atom. The molecule has 0 N–H and O–H groups in total. The summed E-state index contributed by atoms with van der Waals surface area (Å²) < 4.78 is 0.234. The smallest absolute Gasteiger partial charge is 1.00 e. The molecule has 0 heterocycles. The Kier molecular flexibility index (Phi) is 19.3. The molecule has 0 saturated heterocycles. The van der Waals surface area contributed by atoms with E-state index in [1.807, 2.05) is 0 Å². The minimum absolute atomic E-state index is 0. The van der Waals surface area contributed by atoms with Gasteiger partial charge in [-0.15, -0.1) is 0 Å². The number of unbranched alkanes of at least 4 members (excludes halogenated alkanes) is 6. The zero-order valence-corrected chi connectivity index (χ0v) is 26.4. The third-order valence-corrected chi connectivity index (χ3v) is 14.5. The second-order valence-electron chi connectivity index (χ2n) is 9.96. The van der Waals surface area contributed by atoms with Gasteiger partial charge in [-0.2, -0.15) is 0 Å². The number of allylic oxidation sites excluding steroid dienone is 4. The van der Waals surface area contributed by atoms with Crippen LogP contribution >= 0.6 is 0 Å². The molecular formula is C28H45Cl3SiTi. The Bertz CT molecular complexity index is 700. The summed E-state index contributed by atoms with van der Waals surface area (Å²) in [4.78, 5) is 0. The van der Waals surface area contributed by atoms with Crippen LogP contribution in [0, 0.1) is 0 Å². The number of benzene rings is 1. The molecule has 5 heteroatoms.